The average Bonchev–Trinajstić information content (AvgIpc) is 2.16. The van der Waals surface area contributed by atoms with Crippen molar-refractivity contribution in [1.29, 1.82) is 0 Å². The van der Waals surface area contributed by atoms with Gasteiger partial charge in [0, 0.05) is 12.1 Å². The highest BCUT2D eigenvalue weighted by Gasteiger charge is 2.33. The van der Waals surface area contributed by atoms with Crippen LogP contribution in [0.1, 0.15) is 52.9 Å². The fourth-order valence-electron chi connectivity index (χ4n) is 2.53. The Bertz CT molecular complexity index is 180. The van der Waals surface area contributed by atoms with E-state index in [9.17, 15) is 0 Å². The maximum absolute atomic E-state index is 3.57. The molecule has 0 aromatic rings. The van der Waals surface area contributed by atoms with Crippen LogP contribution in [0.15, 0.2) is 0 Å². The Hall–Kier alpha value is -0.0800. The van der Waals surface area contributed by atoms with Gasteiger partial charge in [-0.3, -0.25) is 0 Å². The maximum atomic E-state index is 3.57. The van der Waals surface area contributed by atoms with Crippen molar-refractivity contribution in [1.82, 2.24) is 10.2 Å². The molecule has 1 fully saturated rings. The summed E-state index contributed by atoms with van der Waals surface area (Å²) < 4.78 is 0. The minimum atomic E-state index is 0.631. The van der Waals surface area contributed by atoms with Crippen LogP contribution in [0.5, 0.6) is 0 Å². The molecule has 1 N–H and O–H groups in total. The summed E-state index contributed by atoms with van der Waals surface area (Å²) in [5, 5.41) is 3.57. The van der Waals surface area contributed by atoms with Gasteiger partial charge in [0.1, 0.15) is 0 Å². The van der Waals surface area contributed by atoms with Crippen LogP contribution in [0.3, 0.4) is 0 Å². The molecule has 0 heterocycles. The first-order chi connectivity index (χ1) is 7.65. The molecule has 0 saturated heterocycles. The minimum absolute atomic E-state index is 0.631. The molecule has 2 heteroatoms. The maximum Gasteiger partial charge on any atom is 0.0133 e. The lowest BCUT2D eigenvalue weighted by Gasteiger charge is -2.43. The molecule has 0 radical (unpaired) electrons. The predicted octanol–water partition coefficient (Wildman–Crippen LogP) is 2.89. The summed E-state index contributed by atoms with van der Waals surface area (Å²) in [7, 11) is 2.31. The van der Waals surface area contributed by atoms with Crippen LogP contribution >= 0.6 is 0 Å². The van der Waals surface area contributed by atoms with Crippen molar-refractivity contribution in [2.24, 2.45) is 5.92 Å². The van der Waals surface area contributed by atoms with Crippen LogP contribution in [0.25, 0.3) is 0 Å². The van der Waals surface area contributed by atoms with Crippen molar-refractivity contribution in [2.45, 2.75) is 65.0 Å². The van der Waals surface area contributed by atoms with Crippen LogP contribution < -0.4 is 5.32 Å². The standard InChI is InChI=1S/C14H30N2/c1-5-6-7-10-16(4)14-9-8-13(14)11-15-12(2)3/h12-15H,5-11H2,1-4H3. The van der Waals surface area contributed by atoms with E-state index >= 15 is 0 Å². The van der Waals surface area contributed by atoms with Gasteiger partial charge < -0.3 is 10.2 Å². The number of nitrogens with zero attached hydrogens (tertiary/aromatic N) is 1. The van der Waals surface area contributed by atoms with Gasteiger partial charge in [-0.05, 0) is 45.3 Å². The van der Waals surface area contributed by atoms with Gasteiger partial charge >= 0.3 is 0 Å². The molecule has 1 saturated carbocycles. The summed E-state index contributed by atoms with van der Waals surface area (Å²) in [5.74, 6) is 0.897. The van der Waals surface area contributed by atoms with E-state index in [-0.39, 0.29) is 0 Å². The second-order valence-electron chi connectivity index (χ2n) is 5.66. The van der Waals surface area contributed by atoms with E-state index in [1.807, 2.05) is 0 Å². The number of hydrogen-bond acceptors (Lipinski definition) is 2. The summed E-state index contributed by atoms with van der Waals surface area (Å²) >= 11 is 0. The average molecular weight is 226 g/mol. The van der Waals surface area contributed by atoms with E-state index in [0.717, 1.165) is 12.0 Å². The van der Waals surface area contributed by atoms with E-state index < -0.39 is 0 Å². The van der Waals surface area contributed by atoms with Gasteiger partial charge in [0.05, 0.1) is 0 Å². The molecule has 0 spiro atoms. The fourth-order valence-corrected chi connectivity index (χ4v) is 2.53. The van der Waals surface area contributed by atoms with E-state index in [0.29, 0.717) is 6.04 Å². The third-order valence-corrected chi connectivity index (χ3v) is 3.85. The molecule has 2 nitrogen and oxygen atoms in total. The number of rotatable bonds is 8. The second kappa shape index (κ2) is 7.29. The summed E-state index contributed by atoms with van der Waals surface area (Å²) in [5.41, 5.74) is 0. The lowest BCUT2D eigenvalue weighted by Crippen LogP contribution is -2.49. The van der Waals surface area contributed by atoms with E-state index in [1.54, 1.807) is 0 Å². The Morgan fingerprint density at radius 1 is 1.25 bits per heavy atom. The normalized spacial score (nSPS) is 25.1. The van der Waals surface area contributed by atoms with E-state index in [1.165, 1.54) is 45.2 Å². The van der Waals surface area contributed by atoms with Crippen molar-refractivity contribution in [3.05, 3.63) is 0 Å². The molecule has 0 amide bonds. The Balaban J connectivity index is 2.15. The van der Waals surface area contributed by atoms with Crippen molar-refractivity contribution in [2.75, 3.05) is 20.1 Å². The molecule has 0 aromatic heterocycles. The van der Waals surface area contributed by atoms with Crippen LogP contribution in [-0.2, 0) is 0 Å². The van der Waals surface area contributed by atoms with Crippen LogP contribution in [0.2, 0.25) is 0 Å². The summed E-state index contributed by atoms with van der Waals surface area (Å²) in [4.78, 5) is 2.59. The zero-order valence-electron chi connectivity index (χ0n) is 11.6. The Morgan fingerprint density at radius 3 is 2.50 bits per heavy atom. The Morgan fingerprint density at radius 2 is 2.00 bits per heavy atom. The first-order valence-electron chi connectivity index (χ1n) is 7.08. The highest BCUT2D eigenvalue weighted by Crippen LogP contribution is 2.31. The van der Waals surface area contributed by atoms with Gasteiger partial charge in [0.15, 0.2) is 0 Å². The number of nitrogens with one attached hydrogen (secondary N) is 1. The number of unbranched alkanes of at least 4 members (excludes halogenated alkanes) is 2. The first-order valence-corrected chi connectivity index (χ1v) is 7.08. The SMILES string of the molecule is CCCCCN(C)C1CCC1CNC(C)C. The van der Waals surface area contributed by atoms with Crippen molar-refractivity contribution >= 4 is 0 Å². The van der Waals surface area contributed by atoms with Crippen LogP contribution in [0, 0.1) is 5.92 Å². The molecular weight excluding hydrogens is 196 g/mol. The summed E-state index contributed by atoms with van der Waals surface area (Å²) in [6, 6.07) is 1.48. The lowest BCUT2D eigenvalue weighted by atomic mass is 9.78. The zero-order chi connectivity index (χ0) is 12.0. The molecule has 0 aromatic carbocycles. The fraction of sp³-hybridized carbons (Fsp3) is 1.00. The van der Waals surface area contributed by atoms with E-state index in [2.05, 4.69) is 38.0 Å². The van der Waals surface area contributed by atoms with Gasteiger partial charge in [0.2, 0.25) is 0 Å². The van der Waals surface area contributed by atoms with E-state index in [4.69, 9.17) is 0 Å². The third-order valence-electron chi connectivity index (χ3n) is 3.85. The third kappa shape index (κ3) is 4.42. The van der Waals surface area contributed by atoms with Crippen LogP contribution in [0.4, 0.5) is 0 Å². The zero-order valence-corrected chi connectivity index (χ0v) is 11.6. The predicted molar refractivity (Wildman–Crippen MR) is 71.8 cm³/mol. The lowest BCUT2D eigenvalue weighted by molar-refractivity contribution is 0.0811. The Kier molecular flexibility index (Phi) is 6.37. The molecular formula is C14H30N2. The smallest absolute Gasteiger partial charge is 0.0133 e. The monoisotopic (exact) mass is 226 g/mol. The van der Waals surface area contributed by atoms with Gasteiger partial charge in [-0.25, -0.2) is 0 Å². The molecule has 1 aliphatic rings. The largest absolute Gasteiger partial charge is 0.314 e. The molecule has 16 heavy (non-hydrogen) atoms. The molecule has 0 bridgehead atoms. The molecule has 2 unspecified atom stereocenters. The van der Waals surface area contributed by atoms with Gasteiger partial charge in [-0.2, -0.15) is 0 Å². The summed E-state index contributed by atoms with van der Waals surface area (Å²) in [6.45, 7) is 9.24. The highest BCUT2D eigenvalue weighted by molar-refractivity contribution is 4.89. The van der Waals surface area contributed by atoms with Crippen molar-refractivity contribution in [3.63, 3.8) is 0 Å². The first kappa shape index (κ1) is 14.0. The van der Waals surface area contributed by atoms with Gasteiger partial charge in [-0.15, -0.1) is 0 Å². The Labute approximate surface area is 102 Å². The number of hydrogen-bond donors (Lipinski definition) is 1. The van der Waals surface area contributed by atoms with Crippen LogP contribution in [-0.4, -0.2) is 37.1 Å². The van der Waals surface area contributed by atoms with Crippen molar-refractivity contribution in [3.8, 4) is 0 Å². The van der Waals surface area contributed by atoms with Crippen molar-refractivity contribution < 1.29 is 0 Å². The van der Waals surface area contributed by atoms with Gasteiger partial charge in [0.25, 0.3) is 0 Å². The molecule has 1 rings (SSSR count). The molecule has 2 atom stereocenters. The topological polar surface area (TPSA) is 15.3 Å². The second-order valence-corrected chi connectivity index (χ2v) is 5.66. The van der Waals surface area contributed by atoms with Gasteiger partial charge in [-0.1, -0.05) is 33.6 Å². The minimum Gasteiger partial charge on any atom is -0.314 e. The summed E-state index contributed by atoms with van der Waals surface area (Å²) in [6.07, 6.45) is 6.91. The molecule has 1 aliphatic carbocycles. The molecule has 96 valence electrons. The highest BCUT2D eigenvalue weighted by atomic mass is 15.1. The molecule has 0 aliphatic heterocycles. The quantitative estimate of drug-likeness (QED) is 0.640.